The number of nitrogens with two attached hydrogens (primary N) is 1. The van der Waals surface area contributed by atoms with Crippen molar-refractivity contribution in [3.8, 4) is 11.5 Å². The molecule has 2 N–H and O–H groups in total. The van der Waals surface area contributed by atoms with Gasteiger partial charge in [0, 0.05) is 6.54 Å². The summed E-state index contributed by atoms with van der Waals surface area (Å²) in [6.45, 7) is 6.15. The molecule has 1 aromatic heterocycles. The highest BCUT2D eigenvalue weighted by Crippen LogP contribution is 2.21. The molecule has 25 heavy (non-hydrogen) atoms. The molecule has 0 saturated heterocycles. The van der Waals surface area contributed by atoms with Crippen molar-refractivity contribution in [1.82, 2.24) is 9.55 Å². The Kier molecular flexibility index (Phi) is 5.24. The molecule has 0 amide bonds. The zero-order valence-corrected chi connectivity index (χ0v) is 15.1. The van der Waals surface area contributed by atoms with Crippen LogP contribution in [0.2, 0.25) is 0 Å². The lowest BCUT2D eigenvalue weighted by Crippen LogP contribution is -2.11. The lowest BCUT2D eigenvalue weighted by molar-refractivity contribution is 0.301. The van der Waals surface area contributed by atoms with E-state index in [0.717, 1.165) is 41.3 Å². The minimum Gasteiger partial charge on any atom is -0.497 e. The van der Waals surface area contributed by atoms with Crippen molar-refractivity contribution in [2.75, 3.05) is 13.7 Å². The highest BCUT2D eigenvalue weighted by atomic mass is 16.5. The molecule has 0 radical (unpaired) electrons. The Bertz CT molecular complexity index is 853. The third-order valence-electron chi connectivity index (χ3n) is 4.48. The summed E-state index contributed by atoms with van der Waals surface area (Å²) in [5, 5.41) is 0. The van der Waals surface area contributed by atoms with E-state index in [1.165, 1.54) is 11.1 Å². The fourth-order valence-corrected chi connectivity index (χ4v) is 2.92. The standard InChI is InChI=1S/C20H25N3O2/c1-14-11-18-19(12-15(14)2)23(20(13-21)22-18)9-4-10-25-17-7-5-16(24-3)6-8-17/h5-8,11-12H,4,9-10,13,21H2,1-3H3. The van der Waals surface area contributed by atoms with Crippen molar-refractivity contribution in [3.63, 3.8) is 0 Å². The monoisotopic (exact) mass is 339 g/mol. The summed E-state index contributed by atoms with van der Waals surface area (Å²) in [6, 6.07) is 12.0. The topological polar surface area (TPSA) is 62.3 Å². The molecule has 5 heteroatoms. The molecule has 0 unspecified atom stereocenters. The average Bonchev–Trinajstić information content (AvgIpc) is 2.96. The SMILES string of the molecule is COc1ccc(OCCCn2c(CN)nc3cc(C)c(C)cc32)cc1. The Hall–Kier alpha value is -2.53. The minimum absolute atomic E-state index is 0.437. The second-order valence-corrected chi connectivity index (χ2v) is 6.19. The van der Waals surface area contributed by atoms with E-state index < -0.39 is 0 Å². The molecule has 0 saturated carbocycles. The van der Waals surface area contributed by atoms with Gasteiger partial charge >= 0.3 is 0 Å². The number of fused-ring (bicyclic) bond motifs is 1. The van der Waals surface area contributed by atoms with E-state index in [-0.39, 0.29) is 0 Å². The minimum atomic E-state index is 0.437. The highest BCUT2D eigenvalue weighted by Gasteiger charge is 2.10. The zero-order chi connectivity index (χ0) is 17.8. The molecule has 132 valence electrons. The van der Waals surface area contributed by atoms with Gasteiger partial charge in [0.15, 0.2) is 0 Å². The fraction of sp³-hybridized carbons (Fsp3) is 0.350. The number of nitrogens with zero attached hydrogens (tertiary/aromatic N) is 2. The third-order valence-corrected chi connectivity index (χ3v) is 4.48. The molecule has 0 aliphatic rings. The van der Waals surface area contributed by atoms with E-state index in [9.17, 15) is 0 Å². The number of benzene rings is 2. The quantitative estimate of drug-likeness (QED) is 0.668. The van der Waals surface area contributed by atoms with Gasteiger partial charge in [0.25, 0.3) is 0 Å². The predicted octanol–water partition coefficient (Wildman–Crippen LogP) is 3.59. The van der Waals surface area contributed by atoms with Gasteiger partial charge in [0.1, 0.15) is 17.3 Å². The fourth-order valence-electron chi connectivity index (χ4n) is 2.92. The Morgan fingerprint density at radius 3 is 2.40 bits per heavy atom. The maximum atomic E-state index is 5.89. The van der Waals surface area contributed by atoms with Crippen LogP contribution in [0.4, 0.5) is 0 Å². The predicted molar refractivity (Wildman–Crippen MR) is 100 cm³/mol. The van der Waals surface area contributed by atoms with E-state index >= 15 is 0 Å². The van der Waals surface area contributed by atoms with E-state index in [1.54, 1.807) is 7.11 Å². The van der Waals surface area contributed by atoms with Crippen LogP contribution in [0.1, 0.15) is 23.4 Å². The van der Waals surface area contributed by atoms with Crippen molar-refractivity contribution in [2.45, 2.75) is 33.4 Å². The molecule has 0 aliphatic heterocycles. The largest absolute Gasteiger partial charge is 0.497 e. The normalized spacial score (nSPS) is 11.0. The molecule has 0 spiro atoms. The number of hydrogen-bond donors (Lipinski definition) is 1. The highest BCUT2D eigenvalue weighted by molar-refractivity contribution is 5.78. The number of aromatic nitrogens is 2. The first-order valence-corrected chi connectivity index (χ1v) is 8.55. The van der Waals surface area contributed by atoms with Crippen LogP contribution < -0.4 is 15.2 Å². The Morgan fingerprint density at radius 1 is 1.04 bits per heavy atom. The molecule has 5 nitrogen and oxygen atoms in total. The maximum Gasteiger partial charge on any atom is 0.123 e. The number of imidazole rings is 1. The van der Waals surface area contributed by atoms with Gasteiger partial charge in [0.2, 0.25) is 0 Å². The second kappa shape index (κ2) is 7.57. The van der Waals surface area contributed by atoms with Crippen LogP contribution >= 0.6 is 0 Å². The number of hydrogen-bond acceptors (Lipinski definition) is 4. The first kappa shape index (κ1) is 17.3. The van der Waals surface area contributed by atoms with Crippen molar-refractivity contribution in [2.24, 2.45) is 5.73 Å². The maximum absolute atomic E-state index is 5.89. The summed E-state index contributed by atoms with van der Waals surface area (Å²) in [7, 11) is 1.66. The van der Waals surface area contributed by atoms with Crippen LogP contribution in [-0.4, -0.2) is 23.3 Å². The molecular weight excluding hydrogens is 314 g/mol. The number of methoxy groups -OCH3 is 1. The van der Waals surface area contributed by atoms with E-state index in [4.69, 9.17) is 15.2 Å². The van der Waals surface area contributed by atoms with Gasteiger partial charge in [-0.2, -0.15) is 0 Å². The van der Waals surface area contributed by atoms with Crippen LogP contribution in [0.3, 0.4) is 0 Å². The van der Waals surface area contributed by atoms with Gasteiger partial charge in [-0.1, -0.05) is 0 Å². The van der Waals surface area contributed by atoms with Crippen molar-refractivity contribution < 1.29 is 9.47 Å². The van der Waals surface area contributed by atoms with Gasteiger partial charge in [-0.25, -0.2) is 4.98 Å². The second-order valence-electron chi connectivity index (χ2n) is 6.19. The number of ether oxygens (including phenoxy) is 2. The average molecular weight is 339 g/mol. The summed E-state index contributed by atoms with van der Waals surface area (Å²) in [4.78, 5) is 4.67. The lowest BCUT2D eigenvalue weighted by atomic mass is 10.1. The van der Waals surface area contributed by atoms with E-state index in [0.29, 0.717) is 13.2 Å². The summed E-state index contributed by atoms with van der Waals surface area (Å²) >= 11 is 0. The van der Waals surface area contributed by atoms with Crippen LogP contribution in [0.5, 0.6) is 11.5 Å². The van der Waals surface area contributed by atoms with Crippen molar-refractivity contribution in [3.05, 3.63) is 53.3 Å². The number of aryl methyl sites for hydroxylation is 3. The van der Waals surface area contributed by atoms with Gasteiger partial charge in [-0.3, -0.25) is 0 Å². The Balaban J connectivity index is 1.66. The number of rotatable bonds is 7. The molecule has 2 aromatic carbocycles. The lowest BCUT2D eigenvalue weighted by Gasteiger charge is -2.10. The molecule has 0 fully saturated rings. The van der Waals surface area contributed by atoms with Crippen LogP contribution in [0.25, 0.3) is 11.0 Å². The molecule has 0 bridgehead atoms. The van der Waals surface area contributed by atoms with E-state index in [2.05, 4.69) is 35.5 Å². The van der Waals surface area contributed by atoms with Crippen molar-refractivity contribution >= 4 is 11.0 Å². The van der Waals surface area contributed by atoms with E-state index in [1.807, 2.05) is 24.3 Å². The molecule has 3 rings (SSSR count). The van der Waals surface area contributed by atoms with Crippen molar-refractivity contribution in [1.29, 1.82) is 0 Å². The van der Waals surface area contributed by atoms with Crippen LogP contribution in [-0.2, 0) is 13.1 Å². The van der Waals surface area contributed by atoms with Gasteiger partial charge < -0.3 is 19.8 Å². The molecular formula is C20H25N3O2. The third kappa shape index (κ3) is 3.77. The van der Waals surface area contributed by atoms with Crippen LogP contribution in [0.15, 0.2) is 36.4 Å². The first-order chi connectivity index (χ1) is 12.1. The first-order valence-electron chi connectivity index (χ1n) is 8.55. The van der Waals surface area contributed by atoms with Gasteiger partial charge in [-0.15, -0.1) is 0 Å². The summed E-state index contributed by atoms with van der Waals surface area (Å²) in [5.74, 6) is 2.60. The summed E-state index contributed by atoms with van der Waals surface area (Å²) < 4.78 is 13.2. The molecule has 3 aromatic rings. The zero-order valence-electron chi connectivity index (χ0n) is 15.1. The van der Waals surface area contributed by atoms with Gasteiger partial charge in [0.05, 0.1) is 31.3 Å². The summed E-state index contributed by atoms with van der Waals surface area (Å²) in [6.07, 6.45) is 0.886. The molecule has 1 heterocycles. The smallest absolute Gasteiger partial charge is 0.123 e. The Morgan fingerprint density at radius 2 is 1.72 bits per heavy atom. The Labute approximate surface area is 148 Å². The molecule has 0 atom stereocenters. The summed E-state index contributed by atoms with van der Waals surface area (Å²) in [5.41, 5.74) is 10.6. The molecule has 0 aliphatic carbocycles. The van der Waals surface area contributed by atoms with Gasteiger partial charge in [-0.05, 0) is 67.8 Å². The van der Waals surface area contributed by atoms with Crippen LogP contribution in [0, 0.1) is 13.8 Å².